The first-order valence-electron chi connectivity index (χ1n) is 8.82. The molecule has 0 N–H and O–H groups in total. The van der Waals surface area contributed by atoms with Gasteiger partial charge >= 0.3 is 6.09 Å². The first-order valence-corrected chi connectivity index (χ1v) is 8.82. The molecule has 0 aromatic heterocycles. The summed E-state index contributed by atoms with van der Waals surface area (Å²) in [7, 11) is 1.43. The van der Waals surface area contributed by atoms with Crippen LogP contribution in [0.5, 0.6) is 0 Å². The summed E-state index contributed by atoms with van der Waals surface area (Å²) in [5.41, 5.74) is 0. The zero-order valence-corrected chi connectivity index (χ0v) is 14.8. The van der Waals surface area contributed by atoms with Gasteiger partial charge in [0.2, 0.25) is 5.91 Å². The van der Waals surface area contributed by atoms with Crippen molar-refractivity contribution in [3.8, 4) is 0 Å². The first kappa shape index (κ1) is 18.0. The topological polar surface area (TPSA) is 53.1 Å². The minimum absolute atomic E-state index is 0.221. The van der Waals surface area contributed by atoms with E-state index in [1.165, 1.54) is 7.11 Å². The molecular weight excluding hydrogens is 294 g/mol. The summed E-state index contributed by atoms with van der Waals surface area (Å²) in [6.07, 6.45) is 2.64. The maximum absolute atomic E-state index is 12.1. The summed E-state index contributed by atoms with van der Waals surface area (Å²) >= 11 is 0. The van der Waals surface area contributed by atoms with Gasteiger partial charge in [-0.05, 0) is 24.7 Å². The third-order valence-electron chi connectivity index (χ3n) is 4.87. The van der Waals surface area contributed by atoms with E-state index in [-0.39, 0.29) is 6.09 Å². The van der Waals surface area contributed by atoms with Gasteiger partial charge in [-0.15, -0.1) is 0 Å². The van der Waals surface area contributed by atoms with Crippen LogP contribution in [-0.4, -0.2) is 79.6 Å². The fourth-order valence-electron chi connectivity index (χ4n) is 3.45. The van der Waals surface area contributed by atoms with Crippen LogP contribution in [0.25, 0.3) is 0 Å². The molecule has 6 nitrogen and oxygen atoms in total. The van der Waals surface area contributed by atoms with Gasteiger partial charge in [0.15, 0.2) is 0 Å². The maximum atomic E-state index is 12.1. The second kappa shape index (κ2) is 8.52. The van der Waals surface area contributed by atoms with Crippen LogP contribution in [0.2, 0.25) is 0 Å². The van der Waals surface area contributed by atoms with Gasteiger partial charge in [0.1, 0.15) is 0 Å². The number of likely N-dealkylation sites (tertiary alicyclic amines) is 1. The smallest absolute Gasteiger partial charge is 0.409 e. The highest BCUT2D eigenvalue weighted by Gasteiger charge is 2.27. The summed E-state index contributed by atoms with van der Waals surface area (Å²) in [4.78, 5) is 29.8. The van der Waals surface area contributed by atoms with Crippen LogP contribution in [0.3, 0.4) is 0 Å². The molecule has 2 amide bonds. The number of hydrogen-bond acceptors (Lipinski definition) is 4. The van der Waals surface area contributed by atoms with Gasteiger partial charge in [0, 0.05) is 52.2 Å². The second-order valence-electron chi connectivity index (χ2n) is 7.18. The Morgan fingerprint density at radius 1 is 1.00 bits per heavy atom. The number of hydrogen-bond donors (Lipinski definition) is 0. The summed E-state index contributed by atoms with van der Waals surface area (Å²) in [5, 5.41) is 0. The molecule has 2 saturated heterocycles. The highest BCUT2D eigenvalue weighted by Crippen LogP contribution is 2.20. The Labute approximate surface area is 139 Å². The van der Waals surface area contributed by atoms with Gasteiger partial charge in [0.25, 0.3) is 0 Å². The lowest BCUT2D eigenvalue weighted by Gasteiger charge is -2.38. The quantitative estimate of drug-likeness (QED) is 0.789. The third kappa shape index (κ3) is 5.37. The molecule has 2 fully saturated rings. The average molecular weight is 325 g/mol. The molecule has 2 rings (SSSR count). The largest absolute Gasteiger partial charge is 0.453 e. The van der Waals surface area contributed by atoms with E-state index >= 15 is 0 Å². The van der Waals surface area contributed by atoms with Gasteiger partial charge in [-0.3, -0.25) is 9.69 Å². The normalized spacial score (nSPS) is 20.9. The fraction of sp³-hybridized carbons (Fsp3) is 0.882. The Kier molecular flexibility index (Phi) is 6.69. The van der Waals surface area contributed by atoms with Crippen molar-refractivity contribution in [2.24, 2.45) is 11.8 Å². The molecular formula is C17H31N3O3. The SMILES string of the molecule is COC(=O)N1CCN(CC2CCN(C(=O)CC(C)C)CC2)CC1. The molecule has 2 aliphatic heterocycles. The Morgan fingerprint density at radius 2 is 1.61 bits per heavy atom. The number of methoxy groups -OCH3 is 1. The van der Waals surface area contributed by atoms with Crippen molar-refractivity contribution in [1.82, 2.24) is 14.7 Å². The van der Waals surface area contributed by atoms with E-state index in [4.69, 9.17) is 4.74 Å². The van der Waals surface area contributed by atoms with Crippen LogP contribution < -0.4 is 0 Å². The summed E-state index contributed by atoms with van der Waals surface area (Å²) in [6, 6.07) is 0. The number of ether oxygens (including phenoxy) is 1. The molecule has 0 saturated carbocycles. The molecule has 0 aliphatic carbocycles. The van der Waals surface area contributed by atoms with E-state index in [1.807, 2.05) is 4.90 Å². The number of piperazine rings is 1. The van der Waals surface area contributed by atoms with Crippen molar-refractivity contribution in [3.05, 3.63) is 0 Å². The van der Waals surface area contributed by atoms with Crippen molar-refractivity contribution >= 4 is 12.0 Å². The Hall–Kier alpha value is -1.30. The Balaban J connectivity index is 1.67. The highest BCUT2D eigenvalue weighted by atomic mass is 16.5. The number of rotatable bonds is 4. The lowest BCUT2D eigenvalue weighted by atomic mass is 9.95. The van der Waals surface area contributed by atoms with E-state index in [0.29, 0.717) is 24.2 Å². The van der Waals surface area contributed by atoms with Crippen molar-refractivity contribution < 1.29 is 14.3 Å². The molecule has 0 aromatic carbocycles. The molecule has 2 aliphatic rings. The van der Waals surface area contributed by atoms with Gasteiger partial charge in [-0.1, -0.05) is 13.8 Å². The molecule has 0 atom stereocenters. The van der Waals surface area contributed by atoms with Crippen LogP contribution in [0, 0.1) is 11.8 Å². The van der Waals surface area contributed by atoms with Crippen LogP contribution in [-0.2, 0) is 9.53 Å². The molecule has 0 bridgehead atoms. The maximum Gasteiger partial charge on any atom is 0.409 e. The summed E-state index contributed by atoms with van der Waals surface area (Å²) in [5.74, 6) is 1.42. The van der Waals surface area contributed by atoms with E-state index in [9.17, 15) is 9.59 Å². The van der Waals surface area contributed by atoms with Crippen molar-refractivity contribution in [2.75, 3.05) is 52.9 Å². The molecule has 0 aromatic rings. The molecule has 0 radical (unpaired) electrons. The summed E-state index contributed by atoms with van der Waals surface area (Å²) < 4.78 is 4.77. The highest BCUT2D eigenvalue weighted by molar-refractivity contribution is 5.76. The standard InChI is InChI=1S/C17H31N3O3/c1-14(2)12-16(21)19-6-4-15(5-7-19)13-18-8-10-20(11-9-18)17(22)23-3/h14-15H,4-13H2,1-3H3. The zero-order valence-electron chi connectivity index (χ0n) is 14.8. The molecule has 2 heterocycles. The van der Waals surface area contributed by atoms with Gasteiger partial charge in [-0.2, -0.15) is 0 Å². The number of carbonyl (C=O) groups excluding carboxylic acids is 2. The predicted octanol–water partition coefficient (Wildman–Crippen LogP) is 1.66. The Bertz CT molecular complexity index is 398. The molecule has 0 spiro atoms. The van der Waals surface area contributed by atoms with Crippen LogP contribution in [0.1, 0.15) is 33.1 Å². The fourth-order valence-corrected chi connectivity index (χ4v) is 3.45. The predicted molar refractivity (Wildman–Crippen MR) is 89.2 cm³/mol. The average Bonchev–Trinajstić information content (AvgIpc) is 2.55. The van der Waals surface area contributed by atoms with E-state index in [1.54, 1.807) is 4.90 Å². The number of nitrogens with zero attached hydrogens (tertiary/aromatic N) is 3. The Morgan fingerprint density at radius 3 is 2.13 bits per heavy atom. The van der Waals surface area contributed by atoms with E-state index in [0.717, 1.165) is 58.7 Å². The third-order valence-corrected chi connectivity index (χ3v) is 4.87. The number of piperidine rings is 1. The van der Waals surface area contributed by atoms with Crippen molar-refractivity contribution in [1.29, 1.82) is 0 Å². The molecule has 23 heavy (non-hydrogen) atoms. The summed E-state index contributed by atoms with van der Waals surface area (Å²) in [6.45, 7) is 10.4. The minimum Gasteiger partial charge on any atom is -0.453 e. The van der Waals surface area contributed by atoms with Gasteiger partial charge < -0.3 is 14.5 Å². The monoisotopic (exact) mass is 325 g/mol. The number of amides is 2. The zero-order chi connectivity index (χ0) is 16.8. The van der Waals surface area contributed by atoms with Crippen molar-refractivity contribution in [2.45, 2.75) is 33.1 Å². The second-order valence-corrected chi connectivity index (χ2v) is 7.18. The number of carbonyl (C=O) groups is 2. The molecule has 6 heteroatoms. The van der Waals surface area contributed by atoms with Crippen LogP contribution >= 0.6 is 0 Å². The minimum atomic E-state index is -0.221. The van der Waals surface area contributed by atoms with Crippen LogP contribution in [0.15, 0.2) is 0 Å². The molecule has 132 valence electrons. The lowest BCUT2D eigenvalue weighted by molar-refractivity contribution is -0.133. The van der Waals surface area contributed by atoms with Gasteiger partial charge in [0.05, 0.1) is 7.11 Å². The van der Waals surface area contributed by atoms with Gasteiger partial charge in [-0.25, -0.2) is 4.79 Å². The molecule has 0 unspecified atom stereocenters. The van der Waals surface area contributed by atoms with E-state index < -0.39 is 0 Å². The van der Waals surface area contributed by atoms with Crippen LogP contribution in [0.4, 0.5) is 4.79 Å². The van der Waals surface area contributed by atoms with Crippen molar-refractivity contribution in [3.63, 3.8) is 0 Å². The first-order chi connectivity index (χ1) is 11.0. The lowest BCUT2D eigenvalue weighted by Crippen LogP contribution is -2.50. The van der Waals surface area contributed by atoms with E-state index in [2.05, 4.69) is 18.7 Å².